The number of benzene rings is 1. The molecule has 0 amide bonds. The van der Waals surface area contributed by atoms with E-state index in [1.807, 2.05) is 0 Å². The van der Waals surface area contributed by atoms with Crippen LogP contribution in [0.1, 0.15) is 42.9 Å². The second-order valence-corrected chi connectivity index (χ2v) is 9.71. The Bertz CT molecular complexity index is 694. The highest BCUT2D eigenvalue weighted by Gasteiger charge is 2.43. The maximum absolute atomic E-state index is 11.8. The molecule has 1 atom stereocenters. The standard InChI is InChI=1S/C19H30N2O3S/c1-20(2)14-15-24-18-8-9-19(17-7-5-4-6-16(17)18)10-12-21(13-11-19)25(3,22)23/h4-7,18H,8-15H2,1-3H3. The maximum Gasteiger partial charge on any atom is 0.211 e. The summed E-state index contributed by atoms with van der Waals surface area (Å²) in [6, 6.07) is 8.62. The number of likely N-dealkylation sites (N-methyl/N-ethyl adjacent to an activating group) is 1. The number of hydrogen-bond donors (Lipinski definition) is 0. The molecule has 0 N–H and O–H groups in total. The van der Waals surface area contributed by atoms with E-state index in [0.29, 0.717) is 13.1 Å². The van der Waals surface area contributed by atoms with Crippen LogP contribution in [0, 0.1) is 0 Å². The van der Waals surface area contributed by atoms with E-state index in [2.05, 4.69) is 43.3 Å². The van der Waals surface area contributed by atoms with Gasteiger partial charge in [-0.2, -0.15) is 0 Å². The number of sulfonamides is 1. The van der Waals surface area contributed by atoms with Crippen molar-refractivity contribution in [3.8, 4) is 0 Å². The van der Waals surface area contributed by atoms with Gasteiger partial charge in [-0.3, -0.25) is 0 Å². The summed E-state index contributed by atoms with van der Waals surface area (Å²) in [6.45, 7) is 2.91. The summed E-state index contributed by atoms with van der Waals surface area (Å²) in [7, 11) is 1.03. The summed E-state index contributed by atoms with van der Waals surface area (Å²) >= 11 is 0. The van der Waals surface area contributed by atoms with E-state index >= 15 is 0 Å². The van der Waals surface area contributed by atoms with Crippen LogP contribution in [-0.2, 0) is 20.2 Å². The molecule has 1 aliphatic heterocycles. The zero-order valence-electron chi connectivity index (χ0n) is 15.6. The van der Waals surface area contributed by atoms with E-state index in [1.165, 1.54) is 17.4 Å². The highest BCUT2D eigenvalue weighted by atomic mass is 32.2. The summed E-state index contributed by atoms with van der Waals surface area (Å²) in [6.07, 6.45) is 5.38. The molecule has 0 aromatic heterocycles. The highest BCUT2D eigenvalue weighted by Crippen LogP contribution is 2.49. The van der Waals surface area contributed by atoms with Crippen LogP contribution in [0.5, 0.6) is 0 Å². The topological polar surface area (TPSA) is 49.9 Å². The third kappa shape index (κ3) is 4.08. The Morgan fingerprint density at radius 1 is 1.20 bits per heavy atom. The van der Waals surface area contributed by atoms with Gasteiger partial charge in [0.1, 0.15) is 0 Å². The number of nitrogens with zero attached hydrogens (tertiary/aromatic N) is 2. The van der Waals surface area contributed by atoms with Crippen molar-refractivity contribution in [1.82, 2.24) is 9.21 Å². The van der Waals surface area contributed by atoms with Crippen LogP contribution in [0.2, 0.25) is 0 Å². The lowest BCUT2D eigenvalue weighted by atomic mass is 9.64. The lowest BCUT2D eigenvalue weighted by Gasteiger charge is -2.46. The molecular formula is C19H30N2O3S. The number of piperidine rings is 1. The second kappa shape index (κ2) is 7.35. The largest absolute Gasteiger partial charge is 0.372 e. The zero-order valence-corrected chi connectivity index (χ0v) is 16.4. The maximum atomic E-state index is 11.8. The minimum absolute atomic E-state index is 0.110. The third-order valence-electron chi connectivity index (χ3n) is 5.77. The Hall–Kier alpha value is -0.950. The normalized spacial score (nSPS) is 23.8. The average molecular weight is 367 g/mol. The van der Waals surface area contributed by atoms with Crippen LogP contribution >= 0.6 is 0 Å². The SMILES string of the molecule is CN(C)CCOC1CCC2(CCN(S(C)(=O)=O)CC2)c2ccccc21. The third-order valence-corrected chi connectivity index (χ3v) is 7.07. The second-order valence-electron chi connectivity index (χ2n) is 7.73. The molecule has 140 valence electrons. The van der Waals surface area contributed by atoms with E-state index in [1.54, 1.807) is 4.31 Å². The van der Waals surface area contributed by atoms with Gasteiger partial charge in [-0.05, 0) is 56.3 Å². The van der Waals surface area contributed by atoms with Gasteiger partial charge < -0.3 is 9.64 Å². The Labute approximate surface area is 152 Å². The molecule has 1 unspecified atom stereocenters. The molecule has 1 fully saturated rings. The first-order valence-electron chi connectivity index (χ1n) is 9.13. The van der Waals surface area contributed by atoms with Gasteiger partial charge in [0.15, 0.2) is 0 Å². The van der Waals surface area contributed by atoms with Crippen molar-refractivity contribution >= 4 is 10.0 Å². The molecule has 0 saturated carbocycles. The lowest BCUT2D eigenvalue weighted by Crippen LogP contribution is -2.46. The predicted octanol–water partition coefficient (Wildman–Crippen LogP) is 2.39. The number of rotatable bonds is 5. The van der Waals surface area contributed by atoms with Gasteiger partial charge in [-0.25, -0.2) is 12.7 Å². The molecule has 1 saturated heterocycles. The minimum Gasteiger partial charge on any atom is -0.372 e. The van der Waals surface area contributed by atoms with Crippen molar-refractivity contribution in [1.29, 1.82) is 0 Å². The van der Waals surface area contributed by atoms with Crippen LogP contribution in [0.25, 0.3) is 0 Å². The van der Waals surface area contributed by atoms with Gasteiger partial charge in [-0.1, -0.05) is 24.3 Å². The van der Waals surface area contributed by atoms with Crippen molar-refractivity contribution in [2.45, 2.75) is 37.2 Å². The summed E-state index contributed by atoms with van der Waals surface area (Å²) < 4.78 is 31.5. The van der Waals surface area contributed by atoms with Crippen LogP contribution in [0.15, 0.2) is 24.3 Å². The Morgan fingerprint density at radius 2 is 1.88 bits per heavy atom. The van der Waals surface area contributed by atoms with Crippen molar-refractivity contribution in [3.63, 3.8) is 0 Å². The smallest absolute Gasteiger partial charge is 0.211 e. The van der Waals surface area contributed by atoms with Crippen LogP contribution in [-0.4, -0.2) is 64.2 Å². The number of hydrogen-bond acceptors (Lipinski definition) is 4. The first kappa shape index (κ1) is 18.8. The minimum atomic E-state index is -3.09. The van der Waals surface area contributed by atoms with Crippen LogP contribution in [0.4, 0.5) is 0 Å². The molecule has 2 aliphatic rings. The zero-order chi connectivity index (χ0) is 18.1. The summed E-state index contributed by atoms with van der Waals surface area (Å²) in [4.78, 5) is 2.14. The van der Waals surface area contributed by atoms with E-state index in [4.69, 9.17) is 4.74 Å². The predicted molar refractivity (Wildman–Crippen MR) is 100 cm³/mol. The van der Waals surface area contributed by atoms with Crippen LogP contribution < -0.4 is 0 Å². The molecular weight excluding hydrogens is 336 g/mol. The fourth-order valence-corrected chi connectivity index (χ4v) is 5.12. The van der Waals surface area contributed by atoms with E-state index in [0.717, 1.165) is 38.8 Å². The first-order chi connectivity index (χ1) is 11.8. The molecule has 1 aliphatic carbocycles. The van der Waals surface area contributed by atoms with Gasteiger partial charge in [0, 0.05) is 19.6 Å². The van der Waals surface area contributed by atoms with Gasteiger partial charge in [0.25, 0.3) is 0 Å². The number of ether oxygens (including phenoxy) is 1. The van der Waals surface area contributed by atoms with Gasteiger partial charge >= 0.3 is 0 Å². The summed E-state index contributed by atoms with van der Waals surface area (Å²) in [5.74, 6) is 0. The summed E-state index contributed by atoms with van der Waals surface area (Å²) in [5, 5.41) is 0. The quantitative estimate of drug-likeness (QED) is 0.803. The molecule has 0 radical (unpaired) electrons. The van der Waals surface area contributed by atoms with Crippen molar-refractivity contribution in [2.24, 2.45) is 0 Å². The Morgan fingerprint density at radius 3 is 2.52 bits per heavy atom. The molecule has 0 bridgehead atoms. The van der Waals surface area contributed by atoms with Gasteiger partial charge in [0.05, 0.1) is 19.0 Å². The molecule has 6 heteroatoms. The van der Waals surface area contributed by atoms with Crippen molar-refractivity contribution in [3.05, 3.63) is 35.4 Å². The summed E-state index contributed by atoms with van der Waals surface area (Å²) in [5.41, 5.74) is 2.80. The molecule has 1 aromatic carbocycles. The molecule has 1 spiro atoms. The van der Waals surface area contributed by atoms with Gasteiger partial charge in [-0.15, -0.1) is 0 Å². The molecule has 25 heavy (non-hydrogen) atoms. The average Bonchev–Trinajstić information content (AvgIpc) is 2.57. The number of fused-ring (bicyclic) bond motifs is 2. The van der Waals surface area contributed by atoms with Crippen LogP contribution in [0.3, 0.4) is 0 Å². The van der Waals surface area contributed by atoms with Gasteiger partial charge in [0.2, 0.25) is 10.0 Å². The molecule has 1 heterocycles. The molecule has 5 nitrogen and oxygen atoms in total. The van der Waals surface area contributed by atoms with Crippen molar-refractivity contribution in [2.75, 3.05) is 46.6 Å². The van der Waals surface area contributed by atoms with E-state index in [-0.39, 0.29) is 11.5 Å². The molecule has 1 aromatic rings. The van der Waals surface area contributed by atoms with Crippen molar-refractivity contribution < 1.29 is 13.2 Å². The van der Waals surface area contributed by atoms with E-state index < -0.39 is 10.0 Å². The lowest BCUT2D eigenvalue weighted by molar-refractivity contribution is 0.0193. The first-order valence-corrected chi connectivity index (χ1v) is 11.0. The van der Waals surface area contributed by atoms with E-state index in [9.17, 15) is 8.42 Å². The Kier molecular flexibility index (Phi) is 5.54. The monoisotopic (exact) mass is 366 g/mol. The Balaban J connectivity index is 1.77. The fourth-order valence-electron chi connectivity index (χ4n) is 4.27. The molecule has 3 rings (SSSR count). The highest BCUT2D eigenvalue weighted by molar-refractivity contribution is 7.88. The fraction of sp³-hybridized carbons (Fsp3) is 0.684.